The Morgan fingerprint density at radius 1 is 1.69 bits per heavy atom. The number of hydrogen-bond donors (Lipinski definition) is 1. The van der Waals surface area contributed by atoms with Crippen molar-refractivity contribution >= 4 is 5.91 Å². The van der Waals surface area contributed by atoms with Gasteiger partial charge in [0, 0.05) is 25.6 Å². The molecule has 1 unspecified atom stereocenters. The first-order valence-corrected chi connectivity index (χ1v) is 4.52. The van der Waals surface area contributed by atoms with E-state index in [2.05, 4.69) is 0 Å². The predicted octanol–water partition coefficient (Wildman–Crippen LogP) is 0.486. The molecule has 0 aromatic carbocycles. The third kappa shape index (κ3) is 5.21. The highest BCUT2D eigenvalue weighted by Crippen LogP contribution is 1.97. The number of nitrogens with two attached hydrogens (primary N) is 1. The molecule has 0 aliphatic rings. The van der Waals surface area contributed by atoms with Crippen LogP contribution in [0.5, 0.6) is 0 Å². The lowest BCUT2D eigenvalue weighted by atomic mass is 10.2. The smallest absolute Gasteiger partial charge is 0.224 e. The van der Waals surface area contributed by atoms with Crippen LogP contribution < -0.4 is 5.73 Å². The Morgan fingerprint density at radius 2 is 2.31 bits per heavy atom. The van der Waals surface area contributed by atoms with Gasteiger partial charge in [0.25, 0.3) is 0 Å². The molecule has 2 N–H and O–H groups in total. The van der Waals surface area contributed by atoms with Crippen molar-refractivity contribution in [2.45, 2.75) is 32.7 Å². The summed E-state index contributed by atoms with van der Waals surface area (Å²) in [6.45, 7) is 4.86. The minimum Gasteiger partial charge on any atom is -0.342 e. The van der Waals surface area contributed by atoms with Gasteiger partial charge < -0.3 is 10.6 Å². The molecule has 0 aromatic rings. The molecule has 1 atom stereocenters. The Labute approximate surface area is 79.3 Å². The van der Waals surface area contributed by atoms with Gasteiger partial charge in [-0.2, -0.15) is 5.26 Å². The van der Waals surface area contributed by atoms with E-state index in [0.29, 0.717) is 25.9 Å². The van der Waals surface area contributed by atoms with Gasteiger partial charge in [-0.05, 0) is 13.8 Å². The third-order valence-electron chi connectivity index (χ3n) is 1.72. The maximum atomic E-state index is 11.4. The molecule has 0 saturated carbocycles. The van der Waals surface area contributed by atoms with Crippen LogP contribution in [0.3, 0.4) is 0 Å². The van der Waals surface area contributed by atoms with Crippen molar-refractivity contribution < 1.29 is 4.79 Å². The largest absolute Gasteiger partial charge is 0.342 e. The highest BCUT2D eigenvalue weighted by Gasteiger charge is 2.12. The van der Waals surface area contributed by atoms with E-state index in [9.17, 15) is 4.79 Å². The van der Waals surface area contributed by atoms with Crippen LogP contribution in [0.25, 0.3) is 0 Å². The van der Waals surface area contributed by atoms with Gasteiger partial charge in [-0.15, -0.1) is 0 Å². The summed E-state index contributed by atoms with van der Waals surface area (Å²) in [6.07, 6.45) is 0.748. The quantitative estimate of drug-likeness (QED) is 0.674. The molecule has 0 aliphatic heterocycles. The molecule has 0 saturated heterocycles. The average molecular weight is 183 g/mol. The van der Waals surface area contributed by atoms with E-state index in [-0.39, 0.29) is 11.9 Å². The summed E-state index contributed by atoms with van der Waals surface area (Å²) in [4.78, 5) is 13.1. The molecule has 0 spiro atoms. The van der Waals surface area contributed by atoms with E-state index < -0.39 is 0 Å². The van der Waals surface area contributed by atoms with E-state index in [0.717, 1.165) is 0 Å². The molecule has 0 heterocycles. The SMILES string of the molecule is CCN(CCC#N)C(=O)CC(C)N. The van der Waals surface area contributed by atoms with E-state index >= 15 is 0 Å². The van der Waals surface area contributed by atoms with E-state index in [4.69, 9.17) is 11.0 Å². The molecule has 4 heteroatoms. The van der Waals surface area contributed by atoms with Crippen molar-refractivity contribution in [1.82, 2.24) is 4.90 Å². The monoisotopic (exact) mass is 183 g/mol. The number of hydrogen-bond acceptors (Lipinski definition) is 3. The fraction of sp³-hybridized carbons (Fsp3) is 0.778. The van der Waals surface area contributed by atoms with Crippen LogP contribution in [-0.2, 0) is 4.79 Å². The van der Waals surface area contributed by atoms with Gasteiger partial charge in [-0.1, -0.05) is 0 Å². The van der Waals surface area contributed by atoms with Crippen molar-refractivity contribution in [2.24, 2.45) is 5.73 Å². The Hall–Kier alpha value is -1.08. The Balaban J connectivity index is 3.93. The minimum absolute atomic E-state index is 0.0350. The second-order valence-electron chi connectivity index (χ2n) is 3.06. The maximum Gasteiger partial charge on any atom is 0.224 e. The molecule has 0 bridgehead atoms. The Morgan fingerprint density at radius 3 is 2.69 bits per heavy atom. The van der Waals surface area contributed by atoms with Gasteiger partial charge in [-0.25, -0.2) is 0 Å². The van der Waals surface area contributed by atoms with Gasteiger partial charge in [0.05, 0.1) is 12.5 Å². The van der Waals surface area contributed by atoms with Crippen molar-refractivity contribution in [3.8, 4) is 6.07 Å². The number of carbonyl (C=O) groups excluding carboxylic acids is 1. The van der Waals surface area contributed by atoms with Gasteiger partial charge in [0.1, 0.15) is 0 Å². The number of nitrogens with zero attached hydrogens (tertiary/aromatic N) is 2. The molecule has 0 aromatic heterocycles. The highest BCUT2D eigenvalue weighted by molar-refractivity contribution is 5.76. The maximum absolute atomic E-state index is 11.4. The molecule has 1 amide bonds. The predicted molar refractivity (Wildman–Crippen MR) is 50.8 cm³/mol. The summed E-state index contributed by atoms with van der Waals surface area (Å²) in [7, 11) is 0. The van der Waals surface area contributed by atoms with E-state index in [1.165, 1.54) is 0 Å². The summed E-state index contributed by atoms with van der Waals surface area (Å²) in [5.41, 5.74) is 5.50. The summed E-state index contributed by atoms with van der Waals surface area (Å²) in [5, 5.41) is 8.36. The van der Waals surface area contributed by atoms with Gasteiger partial charge >= 0.3 is 0 Å². The van der Waals surface area contributed by atoms with Gasteiger partial charge in [0.15, 0.2) is 0 Å². The second kappa shape index (κ2) is 6.44. The van der Waals surface area contributed by atoms with E-state index in [1.54, 1.807) is 11.8 Å². The zero-order valence-corrected chi connectivity index (χ0v) is 8.29. The van der Waals surface area contributed by atoms with Crippen LogP contribution in [0.4, 0.5) is 0 Å². The minimum atomic E-state index is -0.108. The lowest BCUT2D eigenvalue weighted by Gasteiger charge is -2.20. The van der Waals surface area contributed by atoms with Crippen LogP contribution in [-0.4, -0.2) is 29.9 Å². The van der Waals surface area contributed by atoms with Crippen LogP contribution in [0, 0.1) is 11.3 Å². The first-order chi connectivity index (χ1) is 6.11. The molecule has 4 nitrogen and oxygen atoms in total. The Kier molecular flexibility index (Phi) is 5.90. The zero-order valence-electron chi connectivity index (χ0n) is 8.29. The van der Waals surface area contributed by atoms with E-state index in [1.807, 2.05) is 13.0 Å². The average Bonchev–Trinajstić information content (AvgIpc) is 2.04. The van der Waals surface area contributed by atoms with Crippen LogP contribution in [0.1, 0.15) is 26.7 Å². The molecular weight excluding hydrogens is 166 g/mol. The van der Waals surface area contributed by atoms with Crippen molar-refractivity contribution in [3.63, 3.8) is 0 Å². The van der Waals surface area contributed by atoms with Crippen molar-refractivity contribution in [1.29, 1.82) is 5.26 Å². The van der Waals surface area contributed by atoms with Crippen molar-refractivity contribution in [3.05, 3.63) is 0 Å². The lowest BCUT2D eigenvalue weighted by molar-refractivity contribution is -0.131. The molecule has 13 heavy (non-hydrogen) atoms. The molecule has 74 valence electrons. The lowest BCUT2D eigenvalue weighted by Crippen LogP contribution is -2.35. The highest BCUT2D eigenvalue weighted by atomic mass is 16.2. The molecule has 0 radical (unpaired) electrons. The number of carbonyl (C=O) groups is 1. The normalized spacial score (nSPS) is 11.8. The van der Waals surface area contributed by atoms with Gasteiger partial charge in [-0.3, -0.25) is 4.79 Å². The molecular formula is C9H17N3O. The second-order valence-corrected chi connectivity index (χ2v) is 3.06. The molecule has 0 aliphatic carbocycles. The van der Waals surface area contributed by atoms with Gasteiger partial charge in [0.2, 0.25) is 5.91 Å². The van der Waals surface area contributed by atoms with Crippen LogP contribution in [0.15, 0.2) is 0 Å². The summed E-state index contributed by atoms with van der Waals surface area (Å²) in [6, 6.07) is 1.91. The summed E-state index contributed by atoms with van der Waals surface area (Å²) < 4.78 is 0. The number of amides is 1. The topological polar surface area (TPSA) is 70.1 Å². The summed E-state index contributed by atoms with van der Waals surface area (Å²) in [5.74, 6) is 0.0350. The number of rotatable bonds is 5. The fourth-order valence-electron chi connectivity index (χ4n) is 1.05. The first kappa shape index (κ1) is 11.9. The summed E-state index contributed by atoms with van der Waals surface area (Å²) >= 11 is 0. The first-order valence-electron chi connectivity index (χ1n) is 4.52. The number of nitriles is 1. The zero-order chi connectivity index (χ0) is 10.3. The third-order valence-corrected chi connectivity index (χ3v) is 1.72. The van der Waals surface area contributed by atoms with Crippen LogP contribution >= 0.6 is 0 Å². The Bertz CT molecular complexity index is 196. The van der Waals surface area contributed by atoms with Crippen molar-refractivity contribution in [2.75, 3.05) is 13.1 Å². The molecule has 0 rings (SSSR count). The molecule has 0 fully saturated rings. The standard InChI is InChI=1S/C9H17N3O/c1-3-12(6-4-5-10)9(13)7-8(2)11/h8H,3-4,6-7,11H2,1-2H3. The van der Waals surface area contributed by atoms with Crippen LogP contribution in [0.2, 0.25) is 0 Å². The fourth-order valence-corrected chi connectivity index (χ4v) is 1.05.